The number of benzene rings is 2. The fourth-order valence-electron chi connectivity index (χ4n) is 2.52. The molecule has 0 aliphatic rings. The molecule has 2 aromatic carbocycles. The molecule has 0 saturated carbocycles. The standard InChI is InChI=1S/C19H20N4O3S/c1-13-5-4-6-17(14(13)2)22-27(25,26)16-9-7-15(8-10-16)19(24)20-18-11-12-23(3)21-18/h4-12,22H,1-3H3,(H,20,21,24). The largest absolute Gasteiger partial charge is 0.305 e. The van der Waals surface area contributed by atoms with Crippen LogP contribution in [0, 0.1) is 13.8 Å². The summed E-state index contributed by atoms with van der Waals surface area (Å²) in [5, 5.41) is 6.73. The van der Waals surface area contributed by atoms with Gasteiger partial charge in [-0.15, -0.1) is 0 Å². The highest BCUT2D eigenvalue weighted by Gasteiger charge is 2.17. The molecule has 0 saturated heterocycles. The Balaban J connectivity index is 1.77. The van der Waals surface area contributed by atoms with Crippen LogP contribution in [-0.4, -0.2) is 24.1 Å². The quantitative estimate of drug-likeness (QED) is 0.707. The van der Waals surface area contributed by atoms with Crippen LogP contribution < -0.4 is 10.0 Å². The molecule has 2 N–H and O–H groups in total. The van der Waals surface area contributed by atoms with Gasteiger partial charge in [-0.05, 0) is 55.3 Å². The Bertz CT molecular complexity index is 1090. The molecule has 0 unspecified atom stereocenters. The van der Waals surface area contributed by atoms with Crippen LogP contribution in [0.4, 0.5) is 11.5 Å². The maximum atomic E-state index is 12.6. The van der Waals surface area contributed by atoms with Crippen molar-refractivity contribution in [2.24, 2.45) is 7.05 Å². The molecule has 0 bridgehead atoms. The Hall–Kier alpha value is -3.13. The number of aryl methyl sites for hydroxylation is 2. The number of amides is 1. The van der Waals surface area contributed by atoms with E-state index in [2.05, 4.69) is 15.1 Å². The lowest BCUT2D eigenvalue weighted by Crippen LogP contribution is -2.15. The summed E-state index contributed by atoms with van der Waals surface area (Å²) in [5.74, 6) is 0.0657. The number of sulfonamides is 1. The predicted molar refractivity (Wildman–Crippen MR) is 104 cm³/mol. The van der Waals surface area contributed by atoms with E-state index < -0.39 is 10.0 Å². The van der Waals surface area contributed by atoms with E-state index in [1.807, 2.05) is 19.9 Å². The lowest BCUT2D eigenvalue weighted by Gasteiger charge is -2.12. The molecular formula is C19H20N4O3S. The molecule has 27 heavy (non-hydrogen) atoms. The Morgan fingerprint density at radius 3 is 2.37 bits per heavy atom. The van der Waals surface area contributed by atoms with E-state index in [4.69, 9.17) is 0 Å². The average Bonchev–Trinajstić information content (AvgIpc) is 3.04. The second kappa shape index (κ2) is 7.24. The van der Waals surface area contributed by atoms with Crippen molar-refractivity contribution in [3.63, 3.8) is 0 Å². The molecule has 0 spiro atoms. The summed E-state index contributed by atoms with van der Waals surface area (Å²) < 4.78 is 29.4. The van der Waals surface area contributed by atoms with Gasteiger partial charge in [0.15, 0.2) is 5.82 Å². The van der Waals surface area contributed by atoms with E-state index in [0.717, 1.165) is 11.1 Å². The molecule has 8 heteroatoms. The van der Waals surface area contributed by atoms with Gasteiger partial charge in [0, 0.05) is 24.9 Å². The van der Waals surface area contributed by atoms with Crippen LogP contribution in [0.25, 0.3) is 0 Å². The van der Waals surface area contributed by atoms with Crippen LogP contribution in [-0.2, 0) is 17.1 Å². The van der Waals surface area contributed by atoms with Crippen LogP contribution in [0.3, 0.4) is 0 Å². The smallest absolute Gasteiger partial charge is 0.261 e. The predicted octanol–water partition coefficient (Wildman–Crippen LogP) is 3.09. The summed E-state index contributed by atoms with van der Waals surface area (Å²) in [6, 6.07) is 12.8. The SMILES string of the molecule is Cc1cccc(NS(=O)(=O)c2ccc(C(=O)Nc3ccn(C)n3)cc2)c1C. The first kappa shape index (κ1) is 18.7. The maximum Gasteiger partial charge on any atom is 0.261 e. The van der Waals surface area contributed by atoms with Crippen molar-refractivity contribution in [2.45, 2.75) is 18.7 Å². The van der Waals surface area contributed by atoms with E-state index in [0.29, 0.717) is 17.1 Å². The van der Waals surface area contributed by atoms with Crippen molar-refractivity contribution in [3.8, 4) is 0 Å². The molecule has 1 aromatic heterocycles. The summed E-state index contributed by atoms with van der Waals surface area (Å²) in [7, 11) is -2.00. The van der Waals surface area contributed by atoms with Gasteiger partial charge in [-0.3, -0.25) is 14.2 Å². The van der Waals surface area contributed by atoms with Crippen LogP contribution in [0.2, 0.25) is 0 Å². The molecule has 1 heterocycles. The lowest BCUT2D eigenvalue weighted by molar-refractivity contribution is 0.102. The highest BCUT2D eigenvalue weighted by Crippen LogP contribution is 2.22. The number of carbonyl (C=O) groups excluding carboxylic acids is 1. The second-order valence-electron chi connectivity index (χ2n) is 6.21. The third kappa shape index (κ3) is 4.17. The van der Waals surface area contributed by atoms with Gasteiger partial charge < -0.3 is 5.32 Å². The molecule has 0 atom stereocenters. The van der Waals surface area contributed by atoms with Gasteiger partial charge in [-0.1, -0.05) is 12.1 Å². The number of nitrogens with one attached hydrogen (secondary N) is 2. The Kier molecular flexibility index (Phi) is 5.00. The molecule has 140 valence electrons. The van der Waals surface area contributed by atoms with E-state index in [9.17, 15) is 13.2 Å². The summed E-state index contributed by atoms with van der Waals surface area (Å²) in [4.78, 5) is 12.3. The number of rotatable bonds is 5. The second-order valence-corrected chi connectivity index (χ2v) is 7.89. The van der Waals surface area contributed by atoms with Gasteiger partial charge in [0.1, 0.15) is 0 Å². The fraction of sp³-hybridized carbons (Fsp3) is 0.158. The monoisotopic (exact) mass is 384 g/mol. The fourth-order valence-corrected chi connectivity index (χ4v) is 3.64. The van der Waals surface area contributed by atoms with Crippen molar-refractivity contribution < 1.29 is 13.2 Å². The van der Waals surface area contributed by atoms with Gasteiger partial charge in [-0.2, -0.15) is 5.10 Å². The van der Waals surface area contributed by atoms with Crippen LogP contribution in [0.1, 0.15) is 21.5 Å². The van der Waals surface area contributed by atoms with Crippen molar-refractivity contribution in [3.05, 3.63) is 71.4 Å². The minimum Gasteiger partial charge on any atom is -0.305 e. The first-order chi connectivity index (χ1) is 12.8. The number of carbonyl (C=O) groups is 1. The summed E-state index contributed by atoms with van der Waals surface area (Å²) >= 11 is 0. The number of nitrogens with zero attached hydrogens (tertiary/aromatic N) is 2. The summed E-state index contributed by atoms with van der Waals surface area (Å²) in [5.41, 5.74) is 2.74. The molecule has 3 aromatic rings. The highest BCUT2D eigenvalue weighted by atomic mass is 32.2. The molecule has 3 rings (SSSR count). The minimum absolute atomic E-state index is 0.0813. The normalized spacial score (nSPS) is 11.2. The Morgan fingerprint density at radius 2 is 1.74 bits per heavy atom. The van der Waals surface area contributed by atoms with Crippen molar-refractivity contribution in [2.75, 3.05) is 10.0 Å². The first-order valence-corrected chi connectivity index (χ1v) is 9.75. The van der Waals surface area contributed by atoms with E-state index in [1.165, 1.54) is 24.3 Å². The van der Waals surface area contributed by atoms with Crippen molar-refractivity contribution >= 4 is 27.4 Å². The molecule has 7 nitrogen and oxygen atoms in total. The molecule has 0 aliphatic carbocycles. The van der Waals surface area contributed by atoms with Gasteiger partial charge in [-0.25, -0.2) is 8.42 Å². The number of anilines is 2. The molecule has 0 fully saturated rings. The van der Waals surface area contributed by atoms with E-state index >= 15 is 0 Å². The van der Waals surface area contributed by atoms with Gasteiger partial charge in [0.25, 0.3) is 15.9 Å². The van der Waals surface area contributed by atoms with E-state index in [-0.39, 0.29) is 10.8 Å². The highest BCUT2D eigenvalue weighted by molar-refractivity contribution is 7.92. The van der Waals surface area contributed by atoms with Gasteiger partial charge >= 0.3 is 0 Å². The zero-order valence-corrected chi connectivity index (χ0v) is 16.0. The van der Waals surface area contributed by atoms with Crippen LogP contribution >= 0.6 is 0 Å². The third-order valence-electron chi connectivity index (χ3n) is 4.23. The van der Waals surface area contributed by atoms with Gasteiger partial charge in [0.05, 0.1) is 10.6 Å². The molecule has 0 aliphatic heterocycles. The maximum absolute atomic E-state index is 12.6. The summed E-state index contributed by atoms with van der Waals surface area (Å²) in [6.07, 6.45) is 1.71. The minimum atomic E-state index is -3.75. The first-order valence-electron chi connectivity index (χ1n) is 8.26. The molecular weight excluding hydrogens is 364 g/mol. The van der Waals surface area contributed by atoms with Crippen LogP contribution in [0.5, 0.6) is 0 Å². The summed E-state index contributed by atoms with van der Waals surface area (Å²) in [6.45, 7) is 3.78. The molecule has 0 radical (unpaired) electrons. The Morgan fingerprint density at radius 1 is 1.04 bits per heavy atom. The van der Waals surface area contributed by atoms with Crippen molar-refractivity contribution in [1.29, 1.82) is 0 Å². The number of aromatic nitrogens is 2. The topological polar surface area (TPSA) is 93.1 Å². The van der Waals surface area contributed by atoms with E-state index in [1.54, 1.807) is 36.1 Å². The lowest BCUT2D eigenvalue weighted by atomic mass is 10.1. The van der Waals surface area contributed by atoms with Crippen molar-refractivity contribution in [1.82, 2.24) is 9.78 Å². The number of hydrogen-bond donors (Lipinski definition) is 2. The third-order valence-corrected chi connectivity index (χ3v) is 5.61. The zero-order chi connectivity index (χ0) is 19.6. The zero-order valence-electron chi connectivity index (χ0n) is 15.2. The molecule has 1 amide bonds. The van der Waals surface area contributed by atoms with Crippen LogP contribution in [0.15, 0.2) is 59.6 Å². The number of hydrogen-bond acceptors (Lipinski definition) is 4. The average molecular weight is 384 g/mol. The van der Waals surface area contributed by atoms with Gasteiger partial charge in [0.2, 0.25) is 0 Å². The Labute approximate surface area is 158 Å².